The van der Waals surface area contributed by atoms with Crippen LogP contribution < -0.4 is 10.6 Å². The zero-order valence-electron chi connectivity index (χ0n) is 24.1. The molecule has 0 aliphatic carbocycles. The van der Waals surface area contributed by atoms with Crippen LogP contribution in [0.3, 0.4) is 0 Å². The summed E-state index contributed by atoms with van der Waals surface area (Å²) in [6.45, 7) is 1.85. The molecule has 4 heterocycles. The van der Waals surface area contributed by atoms with Crippen LogP contribution in [0.25, 0.3) is 22.3 Å². The van der Waals surface area contributed by atoms with Crippen LogP contribution in [0.4, 0.5) is 10.0 Å². The molecule has 0 aliphatic rings. The van der Waals surface area contributed by atoms with Crippen LogP contribution in [0.2, 0.25) is 0 Å². The van der Waals surface area contributed by atoms with Crippen LogP contribution in [0, 0.1) is 6.92 Å². The average Bonchev–Trinajstić information content (AvgIpc) is 3.85. The molecular formula is C33H22Br2N2O6S4. The van der Waals surface area contributed by atoms with E-state index >= 15 is 0 Å². The number of benzene rings is 2. The second-order valence-corrected chi connectivity index (χ2v) is 14.9. The van der Waals surface area contributed by atoms with Crippen molar-refractivity contribution < 1.29 is 29.4 Å². The smallest absolute Gasteiger partial charge is 0.339 e. The van der Waals surface area contributed by atoms with E-state index in [1.165, 1.54) is 45.3 Å². The summed E-state index contributed by atoms with van der Waals surface area (Å²) in [6.07, 6.45) is 0. The van der Waals surface area contributed by atoms with Gasteiger partial charge in [0.1, 0.15) is 21.1 Å². The minimum Gasteiger partial charge on any atom is -0.478 e. The lowest BCUT2D eigenvalue weighted by Gasteiger charge is -2.07. The summed E-state index contributed by atoms with van der Waals surface area (Å²) in [4.78, 5) is 49.1. The van der Waals surface area contributed by atoms with Crippen LogP contribution in [-0.2, 0) is 0 Å². The summed E-state index contributed by atoms with van der Waals surface area (Å²) < 4.78 is 1.61. The molecule has 0 atom stereocenters. The second-order valence-electron chi connectivity index (χ2n) is 9.60. The van der Waals surface area contributed by atoms with Crippen molar-refractivity contribution in [2.75, 3.05) is 10.6 Å². The Morgan fingerprint density at radius 3 is 1.53 bits per heavy atom. The highest BCUT2D eigenvalue weighted by Gasteiger charge is 2.24. The summed E-state index contributed by atoms with van der Waals surface area (Å²) in [7, 11) is 0. The largest absolute Gasteiger partial charge is 0.478 e. The first-order valence-electron chi connectivity index (χ1n) is 13.5. The number of carbonyl (C=O) groups is 4. The lowest BCUT2D eigenvalue weighted by Crippen LogP contribution is -2.13. The van der Waals surface area contributed by atoms with Crippen molar-refractivity contribution in [3.8, 4) is 22.3 Å². The standard InChI is InChI=1S/C17H12BrNO3S2.C16H10BrNO3S2/c1-9-6-7-23-14(9)15(20)19-16-13(17(21)22)11(8-24-16)10-4-2-3-5-12(10)18;17-11-5-2-1-4-9(11)10-8-23-15(13(10)16(20)21)18-14(19)12-6-3-7-22-12/h2-8H,1H3,(H,19,20)(H,21,22);1-8H,(H,18,19)(H,20,21). The fourth-order valence-electron chi connectivity index (χ4n) is 4.42. The number of aromatic carboxylic acids is 2. The zero-order valence-corrected chi connectivity index (χ0v) is 30.5. The molecule has 0 fully saturated rings. The normalized spacial score (nSPS) is 10.5. The minimum atomic E-state index is -1.07. The monoisotopic (exact) mass is 828 g/mol. The summed E-state index contributed by atoms with van der Waals surface area (Å²) in [5.74, 6) is -2.73. The first kappa shape index (κ1) is 34.4. The van der Waals surface area contributed by atoms with Crippen LogP contribution in [0.15, 0.2) is 97.2 Å². The van der Waals surface area contributed by atoms with Gasteiger partial charge in [-0.25, -0.2) is 9.59 Å². The molecule has 0 aliphatic heterocycles. The highest BCUT2D eigenvalue weighted by Crippen LogP contribution is 2.40. The number of rotatable bonds is 8. The highest BCUT2D eigenvalue weighted by atomic mass is 79.9. The van der Waals surface area contributed by atoms with Crippen LogP contribution in [0.1, 0.15) is 45.6 Å². The fourth-order valence-corrected chi connectivity index (χ4v) is 8.75. The van der Waals surface area contributed by atoms with E-state index in [1.807, 2.05) is 66.9 Å². The Bertz CT molecular complexity index is 2100. The van der Waals surface area contributed by atoms with Gasteiger partial charge in [0.15, 0.2) is 0 Å². The molecule has 0 radical (unpaired) electrons. The van der Waals surface area contributed by atoms with Gasteiger partial charge in [-0.2, -0.15) is 0 Å². The molecule has 0 bridgehead atoms. The van der Waals surface area contributed by atoms with Crippen LogP contribution in [0.5, 0.6) is 0 Å². The zero-order chi connectivity index (χ0) is 33.7. The Kier molecular flexibility index (Phi) is 11.2. The summed E-state index contributed by atoms with van der Waals surface area (Å²) >= 11 is 11.9. The second kappa shape index (κ2) is 15.3. The molecule has 0 spiro atoms. The van der Waals surface area contributed by atoms with Crippen molar-refractivity contribution in [3.05, 3.63) is 124 Å². The number of hydrogen-bond acceptors (Lipinski definition) is 8. The van der Waals surface area contributed by atoms with Gasteiger partial charge < -0.3 is 20.8 Å². The topological polar surface area (TPSA) is 133 Å². The van der Waals surface area contributed by atoms with Gasteiger partial charge in [0, 0.05) is 30.8 Å². The third-order valence-electron chi connectivity index (χ3n) is 6.61. The Balaban J connectivity index is 0.000000185. The average molecular weight is 831 g/mol. The Morgan fingerprint density at radius 1 is 0.596 bits per heavy atom. The van der Waals surface area contributed by atoms with Gasteiger partial charge in [0.05, 0.1) is 9.75 Å². The molecule has 6 rings (SSSR count). The van der Waals surface area contributed by atoms with E-state index < -0.39 is 11.9 Å². The van der Waals surface area contributed by atoms with Gasteiger partial charge in [-0.15, -0.1) is 45.3 Å². The third kappa shape index (κ3) is 7.80. The minimum absolute atomic E-state index is 0.104. The summed E-state index contributed by atoms with van der Waals surface area (Å²) in [5.41, 5.74) is 3.80. The number of carbonyl (C=O) groups excluding carboxylic acids is 2. The number of hydrogen-bond donors (Lipinski definition) is 4. The Hall–Kier alpha value is -3.92. The van der Waals surface area contributed by atoms with E-state index in [0.29, 0.717) is 30.9 Å². The molecule has 8 nitrogen and oxygen atoms in total. The number of carboxylic acid groups (broad SMARTS) is 2. The molecule has 0 saturated heterocycles. The lowest BCUT2D eigenvalue weighted by atomic mass is 10.0. The number of anilines is 2. The van der Waals surface area contributed by atoms with E-state index in [9.17, 15) is 29.4 Å². The number of thiophene rings is 4. The van der Waals surface area contributed by atoms with Gasteiger partial charge in [-0.05, 0) is 58.6 Å². The molecule has 2 amide bonds. The van der Waals surface area contributed by atoms with Gasteiger partial charge >= 0.3 is 11.9 Å². The maximum absolute atomic E-state index is 12.4. The van der Waals surface area contributed by atoms with Crippen molar-refractivity contribution in [3.63, 3.8) is 0 Å². The molecule has 14 heteroatoms. The van der Waals surface area contributed by atoms with E-state index in [-0.39, 0.29) is 22.9 Å². The summed E-state index contributed by atoms with van der Waals surface area (Å²) in [5, 5.41) is 32.4. The predicted octanol–water partition coefficient (Wildman–Crippen LogP) is 10.7. The molecule has 2 aromatic carbocycles. The quantitative estimate of drug-likeness (QED) is 0.121. The molecular weight excluding hydrogens is 808 g/mol. The third-order valence-corrected chi connectivity index (χ3v) is 11.7. The van der Waals surface area contributed by atoms with E-state index in [4.69, 9.17) is 0 Å². The predicted molar refractivity (Wildman–Crippen MR) is 198 cm³/mol. The van der Waals surface area contributed by atoms with Crippen LogP contribution >= 0.6 is 77.2 Å². The molecule has 4 N–H and O–H groups in total. The van der Waals surface area contributed by atoms with Gasteiger partial charge in [-0.3, -0.25) is 9.59 Å². The van der Waals surface area contributed by atoms with Crippen molar-refractivity contribution in [1.29, 1.82) is 0 Å². The number of aryl methyl sites for hydroxylation is 1. The Morgan fingerprint density at radius 2 is 1.11 bits per heavy atom. The van der Waals surface area contributed by atoms with E-state index in [2.05, 4.69) is 42.5 Å². The molecule has 4 aromatic heterocycles. The first-order valence-corrected chi connectivity index (χ1v) is 18.6. The first-order chi connectivity index (χ1) is 22.6. The number of halogens is 2. The fraction of sp³-hybridized carbons (Fsp3) is 0.0303. The van der Waals surface area contributed by atoms with Crippen molar-refractivity contribution in [1.82, 2.24) is 0 Å². The number of carboxylic acids is 2. The molecule has 47 heavy (non-hydrogen) atoms. The highest BCUT2D eigenvalue weighted by molar-refractivity contribution is 9.11. The molecule has 238 valence electrons. The number of amides is 2. The van der Waals surface area contributed by atoms with Crippen LogP contribution in [-0.4, -0.2) is 34.0 Å². The lowest BCUT2D eigenvalue weighted by molar-refractivity contribution is 0.0688. The maximum atomic E-state index is 12.4. The molecule has 0 unspecified atom stereocenters. The van der Waals surface area contributed by atoms with Gasteiger partial charge in [-0.1, -0.05) is 74.3 Å². The van der Waals surface area contributed by atoms with E-state index in [1.54, 1.807) is 28.3 Å². The van der Waals surface area contributed by atoms with Gasteiger partial charge in [0.25, 0.3) is 11.8 Å². The van der Waals surface area contributed by atoms with Crippen molar-refractivity contribution >= 4 is 111 Å². The summed E-state index contributed by atoms with van der Waals surface area (Å²) in [6, 6.07) is 20.1. The van der Waals surface area contributed by atoms with Crippen molar-refractivity contribution in [2.24, 2.45) is 0 Å². The van der Waals surface area contributed by atoms with E-state index in [0.717, 1.165) is 25.6 Å². The Labute approximate surface area is 301 Å². The number of nitrogens with one attached hydrogen (secondary N) is 2. The van der Waals surface area contributed by atoms with Crippen molar-refractivity contribution in [2.45, 2.75) is 6.92 Å². The molecule has 6 aromatic rings. The van der Waals surface area contributed by atoms with Gasteiger partial charge in [0.2, 0.25) is 0 Å². The maximum Gasteiger partial charge on any atom is 0.339 e. The SMILES string of the molecule is Cc1ccsc1C(=O)Nc1scc(-c2ccccc2Br)c1C(=O)O.O=C(Nc1scc(-c2ccccc2Br)c1C(=O)O)c1cccs1. The molecule has 0 saturated carbocycles.